The number of carbonyl (C=O) groups excluding carboxylic acids is 2. The van der Waals surface area contributed by atoms with Crippen molar-refractivity contribution >= 4 is 17.6 Å². The van der Waals surface area contributed by atoms with Gasteiger partial charge >= 0.3 is 6.03 Å². The molecule has 1 aliphatic rings. The maximum Gasteiger partial charge on any atom is 0.317 e. The van der Waals surface area contributed by atoms with Gasteiger partial charge in [-0.25, -0.2) is 9.80 Å². The van der Waals surface area contributed by atoms with Crippen LogP contribution in [0.2, 0.25) is 0 Å². The molecule has 1 N–H and O–H groups in total. The number of urea groups is 1. The first-order valence-corrected chi connectivity index (χ1v) is 10.5. The van der Waals surface area contributed by atoms with Gasteiger partial charge < -0.3 is 24.3 Å². The molecule has 2 heterocycles. The lowest BCUT2D eigenvalue weighted by Gasteiger charge is -2.26. The van der Waals surface area contributed by atoms with Gasteiger partial charge in [0.2, 0.25) is 0 Å². The maximum absolute atomic E-state index is 13.3. The number of benzene rings is 1. The van der Waals surface area contributed by atoms with Gasteiger partial charge in [0.05, 0.1) is 31.7 Å². The number of carbonyl (C=O) groups is 2. The lowest BCUT2D eigenvalue weighted by atomic mass is 9.99. The summed E-state index contributed by atoms with van der Waals surface area (Å²) in [6, 6.07) is 8.67. The zero-order valence-corrected chi connectivity index (χ0v) is 19.5. The molecule has 3 amide bonds. The van der Waals surface area contributed by atoms with Crippen molar-refractivity contribution < 1.29 is 19.1 Å². The highest BCUT2D eigenvalue weighted by molar-refractivity contribution is 6.02. The Morgan fingerprint density at radius 3 is 2.59 bits per heavy atom. The molecule has 1 atom stereocenters. The topological polar surface area (TPSA) is 88.4 Å². The van der Waals surface area contributed by atoms with Gasteiger partial charge in [-0.05, 0) is 44.2 Å². The second-order valence-electron chi connectivity index (χ2n) is 8.08. The van der Waals surface area contributed by atoms with Crippen LogP contribution < -0.4 is 14.8 Å². The Hall–Kier alpha value is -3.49. The van der Waals surface area contributed by atoms with E-state index in [0.717, 1.165) is 17.0 Å². The lowest BCUT2D eigenvalue weighted by molar-refractivity contribution is -0.133. The summed E-state index contributed by atoms with van der Waals surface area (Å²) >= 11 is 0. The van der Waals surface area contributed by atoms with E-state index in [1.165, 1.54) is 9.91 Å². The number of likely N-dealkylation sites (N-methyl/N-ethyl adjacent to an activating group) is 1. The van der Waals surface area contributed by atoms with E-state index >= 15 is 0 Å². The third kappa shape index (κ3) is 4.87. The minimum atomic E-state index is -0.390. The molecule has 0 bridgehead atoms. The number of ether oxygens (including phenoxy) is 2. The first kappa shape index (κ1) is 23.2. The summed E-state index contributed by atoms with van der Waals surface area (Å²) in [6.45, 7) is 3.64. The Morgan fingerprint density at radius 1 is 1.25 bits per heavy atom. The van der Waals surface area contributed by atoms with Crippen LogP contribution >= 0.6 is 0 Å². The van der Waals surface area contributed by atoms with Crippen LogP contribution in [0.4, 0.5) is 4.79 Å². The molecule has 0 aliphatic carbocycles. The second kappa shape index (κ2) is 9.76. The van der Waals surface area contributed by atoms with Gasteiger partial charge in [0.25, 0.3) is 5.91 Å². The van der Waals surface area contributed by atoms with Crippen molar-refractivity contribution in [2.45, 2.75) is 32.4 Å². The summed E-state index contributed by atoms with van der Waals surface area (Å²) in [6.07, 6.45) is 2.45. The molecule has 0 radical (unpaired) electrons. The van der Waals surface area contributed by atoms with Gasteiger partial charge in [-0.2, -0.15) is 5.10 Å². The first-order valence-electron chi connectivity index (χ1n) is 10.5. The number of hydrazone groups is 1. The van der Waals surface area contributed by atoms with Crippen molar-refractivity contribution in [3.8, 4) is 11.5 Å². The van der Waals surface area contributed by atoms with Crippen LogP contribution in [0.1, 0.15) is 37.6 Å². The van der Waals surface area contributed by atoms with Gasteiger partial charge in [0.15, 0.2) is 0 Å². The van der Waals surface area contributed by atoms with E-state index in [4.69, 9.17) is 9.47 Å². The molecule has 0 fully saturated rings. The Bertz CT molecular complexity index is 1010. The second-order valence-corrected chi connectivity index (χ2v) is 8.08. The number of nitrogens with zero attached hydrogens (tertiary/aromatic N) is 4. The fraction of sp³-hybridized carbons (Fsp3) is 0.435. The van der Waals surface area contributed by atoms with E-state index in [2.05, 4.69) is 10.4 Å². The van der Waals surface area contributed by atoms with Gasteiger partial charge in [-0.3, -0.25) is 4.79 Å². The van der Waals surface area contributed by atoms with Crippen LogP contribution in [0.3, 0.4) is 0 Å². The van der Waals surface area contributed by atoms with E-state index in [9.17, 15) is 9.59 Å². The molecule has 172 valence electrons. The monoisotopic (exact) mass is 441 g/mol. The Labute approximate surface area is 188 Å². The normalized spacial score (nSPS) is 15.5. The molecule has 9 heteroatoms. The highest BCUT2D eigenvalue weighted by Gasteiger charge is 2.36. The number of rotatable bonds is 7. The molecule has 1 aromatic heterocycles. The number of amides is 3. The van der Waals surface area contributed by atoms with E-state index < -0.39 is 0 Å². The van der Waals surface area contributed by atoms with Crippen molar-refractivity contribution in [2.75, 3.05) is 27.8 Å². The zero-order chi connectivity index (χ0) is 23.4. The minimum absolute atomic E-state index is 0.0254. The SMILES string of the molecule is COc1ccc(OC)c(C2CC(c3cccn3C)=NN2C(=O)CN(C)C(=O)NC(C)C)c1. The number of aryl methyl sites for hydroxylation is 1. The number of hydrogen-bond donors (Lipinski definition) is 1. The van der Waals surface area contributed by atoms with Crippen LogP contribution in [-0.4, -0.2) is 66.0 Å². The molecular formula is C23H31N5O4. The van der Waals surface area contributed by atoms with Crippen LogP contribution in [0.15, 0.2) is 41.6 Å². The van der Waals surface area contributed by atoms with Crippen molar-refractivity contribution in [1.82, 2.24) is 19.8 Å². The highest BCUT2D eigenvalue weighted by atomic mass is 16.5. The number of methoxy groups -OCH3 is 2. The standard InChI is InChI=1S/C23H31N5O4/c1-15(2)24-23(30)27(4)14-22(29)28-20(13-18(25-28)19-8-7-11-26(19)3)17-12-16(31-5)9-10-21(17)32-6/h7-12,15,20H,13-14H2,1-6H3,(H,24,30). The average molecular weight is 442 g/mol. The van der Waals surface area contributed by atoms with E-state index in [1.807, 2.05) is 62.0 Å². The molecule has 0 saturated heterocycles. The van der Waals surface area contributed by atoms with E-state index in [0.29, 0.717) is 17.9 Å². The Balaban J connectivity index is 1.95. The minimum Gasteiger partial charge on any atom is -0.497 e. The Morgan fingerprint density at radius 2 is 2.00 bits per heavy atom. The summed E-state index contributed by atoms with van der Waals surface area (Å²) < 4.78 is 12.9. The molecular weight excluding hydrogens is 410 g/mol. The molecule has 9 nitrogen and oxygen atoms in total. The summed E-state index contributed by atoms with van der Waals surface area (Å²) in [7, 11) is 6.72. The smallest absolute Gasteiger partial charge is 0.317 e. The maximum atomic E-state index is 13.3. The van der Waals surface area contributed by atoms with Crippen molar-refractivity contribution in [3.63, 3.8) is 0 Å². The molecule has 32 heavy (non-hydrogen) atoms. The van der Waals surface area contributed by atoms with Gasteiger partial charge in [-0.1, -0.05) is 0 Å². The number of hydrogen-bond acceptors (Lipinski definition) is 5. The summed E-state index contributed by atoms with van der Waals surface area (Å²) in [5.74, 6) is 1.02. The number of nitrogens with one attached hydrogen (secondary N) is 1. The molecule has 1 unspecified atom stereocenters. The van der Waals surface area contributed by atoms with E-state index in [-0.39, 0.29) is 30.6 Å². The van der Waals surface area contributed by atoms with Gasteiger partial charge in [0, 0.05) is 38.3 Å². The number of aromatic nitrogens is 1. The summed E-state index contributed by atoms with van der Waals surface area (Å²) in [5.41, 5.74) is 2.51. The molecule has 0 saturated carbocycles. The average Bonchev–Trinajstić information content (AvgIpc) is 3.38. The molecule has 1 aromatic carbocycles. The van der Waals surface area contributed by atoms with Gasteiger partial charge in [-0.15, -0.1) is 0 Å². The quantitative estimate of drug-likeness (QED) is 0.716. The first-order chi connectivity index (χ1) is 15.2. The van der Waals surface area contributed by atoms with Crippen LogP contribution in [0, 0.1) is 0 Å². The molecule has 3 rings (SSSR count). The Kier molecular flexibility index (Phi) is 7.07. The third-order valence-corrected chi connectivity index (χ3v) is 5.33. The van der Waals surface area contributed by atoms with Gasteiger partial charge in [0.1, 0.15) is 18.0 Å². The molecule has 2 aromatic rings. The largest absolute Gasteiger partial charge is 0.497 e. The van der Waals surface area contributed by atoms with Crippen LogP contribution in [-0.2, 0) is 11.8 Å². The van der Waals surface area contributed by atoms with E-state index in [1.54, 1.807) is 21.3 Å². The summed E-state index contributed by atoms with van der Waals surface area (Å²) in [5, 5.41) is 8.93. The van der Waals surface area contributed by atoms with Crippen LogP contribution in [0.25, 0.3) is 0 Å². The molecule has 1 aliphatic heterocycles. The fourth-order valence-corrected chi connectivity index (χ4v) is 3.70. The van der Waals surface area contributed by atoms with Crippen molar-refractivity contribution in [2.24, 2.45) is 12.1 Å². The van der Waals surface area contributed by atoms with Crippen molar-refractivity contribution in [3.05, 3.63) is 47.8 Å². The zero-order valence-electron chi connectivity index (χ0n) is 19.5. The van der Waals surface area contributed by atoms with Crippen LogP contribution in [0.5, 0.6) is 11.5 Å². The molecule has 0 spiro atoms. The fourth-order valence-electron chi connectivity index (χ4n) is 3.70. The van der Waals surface area contributed by atoms with Crippen molar-refractivity contribution in [1.29, 1.82) is 0 Å². The summed E-state index contributed by atoms with van der Waals surface area (Å²) in [4.78, 5) is 27.0. The predicted octanol–water partition coefficient (Wildman–Crippen LogP) is 2.77. The predicted molar refractivity (Wildman–Crippen MR) is 122 cm³/mol. The highest BCUT2D eigenvalue weighted by Crippen LogP contribution is 2.39. The lowest BCUT2D eigenvalue weighted by Crippen LogP contribution is -2.45. The third-order valence-electron chi connectivity index (χ3n) is 5.33.